The molecular formula is C36H43N5O4. The van der Waals surface area contributed by atoms with Gasteiger partial charge in [0.15, 0.2) is 0 Å². The summed E-state index contributed by atoms with van der Waals surface area (Å²) in [5.74, 6) is 1.16. The predicted octanol–water partition coefficient (Wildman–Crippen LogP) is 6.61. The summed E-state index contributed by atoms with van der Waals surface area (Å²) >= 11 is 0. The van der Waals surface area contributed by atoms with Gasteiger partial charge in [0.05, 0.1) is 71.0 Å². The molecule has 3 N–H and O–H groups in total. The van der Waals surface area contributed by atoms with Gasteiger partial charge in [0, 0.05) is 23.5 Å². The highest BCUT2D eigenvalue weighted by atomic mass is 16.5. The molecule has 3 saturated carbocycles. The van der Waals surface area contributed by atoms with Crippen LogP contribution in [0, 0.1) is 18.8 Å². The molecule has 9 nitrogen and oxygen atoms in total. The SMILES string of the molecule is Cc1onc(Cc2ncn3c(C(O)C4CCCCC4O)c(C4CC4)ccc23)c1-c1ccc2cncn2c1C(O)C1CCCCC1. The Morgan fingerprint density at radius 2 is 1.64 bits per heavy atom. The Labute approximate surface area is 262 Å². The number of fused-ring (bicyclic) bond motifs is 2. The van der Waals surface area contributed by atoms with Crippen LogP contribution in [0.1, 0.15) is 123 Å². The lowest BCUT2D eigenvalue weighted by Gasteiger charge is -2.32. The minimum Gasteiger partial charge on any atom is -0.393 e. The van der Waals surface area contributed by atoms with Crippen molar-refractivity contribution in [3.8, 4) is 11.1 Å². The maximum absolute atomic E-state index is 11.8. The lowest BCUT2D eigenvalue weighted by atomic mass is 9.80. The van der Waals surface area contributed by atoms with Gasteiger partial charge in [-0.15, -0.1) is 0 Å². The summed E-state index contributed by atoms with van der Waals surface area (Å²) in [5.41, 5.74) is 8.17. The second kappa shape index (κ2) is 11.7. The summed E-state index contributed by atoms with van der Waals surface area (Å²) in [5, 5.41) is 39.0. The van der Waals surface area contributed by atoms with E-state index in [9.17, 15) is 15.3 Å². The van der Waals surface area contributed by atoms with Crippen LogP contribution in [-0.4, -0.2) is 45.3 Å². The van der Waals surface area contributed by atoms with E-state index in [1.165, 1.54) is 12.0 Å². The zero-order valence-corrected chi connectivity index (χ0v) is 26.0. The van der Waals surface area contributed by atoms with Gasteiger partial charge in [0.25, 0.3) is 0 Å². The van der Waals surface area contributed by atoms with Crippen LogP contribution in [0.5, 0.6) is 0 Å². The molecule has 3 aliphatic carbocycles. The third-order valence-corrected chi connectivity index (χ3v) is 10.9. The smallest absolute Gasteiger partial charge is 0.141 e. The van der Waals surface area contributed by atoms with Gasteiger partial charge in [0.2, 0.25) is 0 Å². The largest absolute Gasteiger partial charge is 0.393 e. The summed E-state index contributed by atoms with van der Waals surface area (Å²) in [6.45, 7) is 1.93. The first kappa shape index (κ1) is 28.9. The zero-order chi connectivity index (χ0) is 30.7. The molecule has 0 aromatic carbocycles. The van der Waals surface area contributed by atoms with Crippen molar-refractivity contribution in [3.63, 3.8) is 0 Å². The van der Waals surface area contributed by atoms with Gasteiger partial charge in [0.1, 0.15) is 5.76 Å². The molecule has 0 bridgehead atoms. The summed E-state index contributed by atoms with van der Waals surface area (Å²) in [7, 11) is 0. The van der Waals surface area contributed by atoms with Crippen molar-refractivity contribution in [2.45, 2.75) is 108 Å². The van der Waals surface area contributed by atoms with Crippen molar-refractivity contribution < 1.29 is 19.8 Å². The Bertz CT molecular complexity index is 1830. The lowest BCUT2D eigenvalue weighted by molar-refractivity contribution is -0.0161. The topological polar surface area (TPSA) is 121 Å². The van der Waals surface area contributed by atoms with Gasteiger partial charge in [-0.1, -0.05) is 49.4 Å². The second-order valence-electron chi connectivity index (χ2n) is 13.8. The number of aromatic nitrogens is 5. The Kier molecular flexibility index (Phi) is 7.50. The van der Waals surface area contributed by atoms with E-state index in [4.69, 9.17) is 9.51 Å². The number of hydrogen-bond donors (Lipinski definition) is 3. The summed E-state index contributed by atoms with van der Waals surface area (Å²) < 4.78 is 9.91. The molecule has 3 fully saturated rings. The van der Waals surface area contributed by atoms with Crippen molar-refractivity contribution in [2.75, 3.05) is 0 Å². The Balaban J connectivity index is 1.20. The fraction of sp³-hybridized carbons (Fsp3) is 0.528. The standard InChI is InChI=1S/C36H43N5O4/c1-21-32(27-14-13-24-18-37-19-40(24)34(27)35(43)23-7-3-2-4-8-23)29(39-45-21)17-28-30-16-15-25(22-11-12-22)33(41(30)20-38-28)36(44)26-9-5-6-10-31(26)42/h13-16,18-20,22-23,26,31,35-36,42-44H,2-12,17H2,1H3. The van der Waals surface area contributed by atoms with Crippen LogP contribution in [0.15, 0.2) is 47.6 Å². The van der Waals surface area contributed by atoms with Crippen LogP contribution in [-0.2, 0) is 6.42 Å². The normalized spacial score (nSPS) is 22.8. The molecule has 0 saturated heterocycles. The number of rotatable bonds is 8. The molecule has 5 aromatic heterocycles. The second-order valence-corrected chi connectivity index (χ2v) is 13.8. The average molecular weight is 610 g/mol. The number of nitrogens with zero attached hydrogens (tertiary/aromatic N) is 5. The molecular weight excluding hydrogens is 566 g/mol. The van der Waals surface area contributed by atoms with Crippen molar-refractivity contribution in [3.05, 3.63) is 77.2 Å². The summed E-state index contributed by atoms with van der Waals surface area (Å²) in [6.07, 6.45) is 15.4. The van der Waals surface area contributed by atoms with Crippen LogP contribution < -0.4 is 0 Å². The number of aliphatic hydroxyl groups is 3. The molecule has 236 valence electrons. The molecule has 0 amide bonds. The van der Waals surface area contributed by atoms with E-state index in [-0.39, 0.29) is 11.8 Å². The van der Waals surface area contributed by atoms with E-state index < -0.39 is 18.3 Å². The van der Waals surface area contributed by atoms with Gasteiger partial charge in [-0.05, 0) is 75.0 Å². The van der Waals surface area contributed by atoms with E-state index >= 15 is 0 Å². The molecule has 0 aliphatic heterocycles. The van der Waals surface area contributed by atoms with Crippen molar-refractivity contribution in [1.82, 2.24) is 23.9 Å². The predicted molar refractivity (Wildman–Crippen MR) is 170 cm³/mol. The molecule has 4 unspecified atom stereocenters. The molecule has 8 rings (SSSR count). The maximum Gasteiger partial charge on any atom is 0.141 e. The Morgan fingerprint density at radius 3 is 2.44 bits per heavy atom. The van der Waals surface area contributed by atoms with Crippen molar-refractivity contribution in [1.29, 1.82) is 0 Å². The fourth-order valence-electron chi connectivity index (χ4n) is 8.30. The van der Waals surface area contributed by atoms with Crippen LogP contribution in [0.4, 0.5) is 0 Å². The third-order valence-electron chi connectivity index (χ3n) is 10.9. The number of hydrogen-bond acceptors (Lipinski definition) is 7. The molecule has 0 spiro atoms. The first-order valence-electron chi connectivity index (χ1n) is 16.9. The molecule has 0 radical (unpaired) electrons. The first-order chi connectivity index (χ1) is 22.0. The van der Waals surface area contributed by atoms with Crippen LogP contribution in [0.2, 0.25) is 0 Å². The van der Waals surface area contributed by atoms with E-state index in [0.29, 0.717) is 18.1 Å². The quantitative estimate of drug-likeness (QED) is 0.181. The molecule has 3 aliphatic rings. The monoisotopic (exact) mass is 609 g/mol. The maximum atomic E-state index is 11.8. The number of pyridine rings is 2. The molecule has 5 aromatic rings. The number of aryl methyl sites for hydroxylation is 1. The van der Waals surface area contributed by atoms with Gasteiger partial charge in [-0.25, -0.2) is 9.97 Å². The minimum absolute atomic E-state index is 0.176. The van der Waals surface area contributed by atoms with Crippen LogP contribution in [0.25, 0.3) is 22.2 Å². The fourth-order valence-corrected chi connectivity index (χ4v) is 8.30. The first-order valence-corrected chi connectivity index (χ1v) is 16.9. The molecule has 45 heavy (non-hydrogen) atoms. The Hall–Kier alpha value is -3.53. The number of aliphatic hydroxyl groups excluding tert-OH is 3. The van der Waals surface area contributed by atoms with Crippen molar-refractivity contribution >= 4 is 11.0 Å². The molecule has 9 heteroatoms. The van der Waals surface area contributed by atoms with E-state index in [2.05, 4.69) is 32.7 Å². The summed E-state index contributed by atoms with van der Waals surface area (Å²) in [6, 6.07) is 8.38. The van der Waals surface area contributed by atoms with Gasteiger partial charge in [-0.3, -0.25) is 4.40 Å². The van der Waals surface area contributed by atoms with Crippen molar-refractivity contribution in [2.24, 2.45) is 11.8 Å². The van der Waals surface area contributed by atoms with Crippen LogP contribution in [0.3, 0.4) is 0 Å². The zero-order valence-electron chi connectivity index (χ0n) is 26.0. The Morgan fingerprint density at radius 1 is 0.844 bits per heavy atom. The van der Waals surface area contributed by atoms with Gasteiger partial charge >= 0.3 is 0 Å². The summed E-state index contributed by atoms with van der Waals surface area (Å²) in [4.78, 5) is 9.28. The van der Waals surface area contributed by atoms with E-state index in [1.54, 1.807) is 6.33 Å². The minimum atomic E-state index is -0.753. The van der Waals surface area contributed by atoms with Gasteiger partial charge in [-0.2, -0.15) is 0 Å². The lowest BCUT2D eigenvalue weighted by Crippen LogP contribution is -2.31. The highest BCUT2D eigenvalue weighted by molar-refractivity contribution is 5.74. The molecule has 4 atom stereocenters. The highest BCUT2D eigenvalue weighted by Crippen LogP contribution is 2.46. The van der Waals surface area contributed by atoms with E-state index in [0.717, 1.165) is 109 Å². The highest BCUT2D eigenvalue weighted by Gasteiger charge is 2.37. The van der Waals surface area contributed by atoms with Gasteiger partial charge < -0.3 is 24.2 Å². The average Bonchev–Trinajstić information content (AvgIpc) is 3.48. The van der Waals surface area contributed by atoms with Crippen LogP contribution >= 0.6 is 0 Å². The number of imidazole rings is 2. The molecule has 5 heterocycles. The van der Waals surface area contributed by atoms with E-state index in [1.807, 2.05) is 29.9 Å². The third kappa shape index (κ3) is 5.09.